The molecule has 1 aliphatic heterocycles. The third-order valence-electron chi connectivity index (χ3n) is 5.71. The van der Waals surface area contributed by atoms with Crippen LogP contribution in [0.1, 0.15) is 39.2 Å². The van der Waals surface area contributed by atoms with Gasteiger partial charge in [-0.15, -0.1) is 0 Å². The van der Waals surface area contributed by atoms with Crippen LogP contribution in [-0.2, 0) is 16.0 Å². The molecule has 2 N–H and O–H groups in total. The van der Waals surface area contributed by atoms with Crippen LogP contribution < -0.4 is 5.73 Å². The first kappa shape index (κ1) is 21.0. The number of hydrogen-bond acceptors (Lipinski definition) is 2. The molecule has 1 aliphatic rings. The second-order valence-corrected chi connectivity index (χ2v) is 9.08. The van der Waals surface area contributed by atoms with Crippen LogP contribution in [0.3, 0.4) is 0 Å². The fraction of sp³-hybridized carbons (Fsp3) is 0.417. The van der Waals surface area contributed by atoms with Gasteiger partial charge in [0.2, 0.25) is 11.8 Å². The van der Waals surface area contributed by atoms with Crippen molar-refractivity contribution in [3.8, 4) is 11.1 Å². The number of benzene rings is 2. The number of nitrogens with two attached hydrogens (primary N) is 1. The average molecular weight is 397 g/mol. The van der Waals surface area contributed by atoms with Gasteiger partial charge in [-0.1, -0.05) is 63.2 Å². The Morgan fingerprint density at radius 1 is 1.10 bits per heavy atom. The second-order valence-electron chi connectivity index (χ2n) is 9.08. The molecule has 2 aromatic rings. The van der Waals surface area contributed by atoms with Gasteiger partial charge in [0.25, 0.3) is 0 Å². The molecule has 1 saturated heterocycles. The molecule has 1 fully saturated rings. The van der Waals surface area contributed by atoms with Gasteiger partial charge in [0.05, 0.1) is 5.41 Å². The molecular weight excluding hydrogens is 367 g/mol. The van der Waals surface area contributed by atoms with Gasteiger partial charge >= 0.3 is 0 Å². The van der Waals surface area contributed by atoms with E-state index in [0.29, 0.717) is 31.5 Å². The van der Waals surface area contributed by atoms with Crippen molar-refractivity contribution in [1.29, 1.82) is 0 Å². The van der Waals surface area contributed by atoms with E-state index in [9.17, 15) is 14.0 Å². The Balaban J connectivity index is 1.83. The maximum atomic E-state index is 14.0. The molecule has 2 aromatic carbocycles. The molecule has 5 heteroatoms. The van der Waals surface area contributed by atoms with E-state index in [2.05, 4.69) is 0 Å². The highest BCUT2D eigenvalue weighted by molar-refractivity contribution is 5.85. The molecule has 0 bridgehead atoms. The summed E-state index contributed by atoms with van der Waals surface area (Å²) < 4.78 is 14.0. The summed E-state index contributed by atoms with van der Waals surface area (Å²) in [6.45, 7) is 6.65. The zero-order chi connectivity index (χ0) is 21.2. The van der Waals surface area contributed by atoms with Crippen molar-refractivity contribution in [2.24, 2.45) is 16.6 Å². The molecule has 154 valence electrons. The number of rotatable bonds is 4. The summed E-state index contributed by atoms with van der Waals surface area (Å²) in [5.41, 5.74) is 6.84. The lowest BCUT2D eigenvalue weighted by molar-refractivity contribution is -0.146. The molecule has 0 spiro atoms. The summed E-state index contributed by atoms with van der Waals surface area (Å²) >= 11 is 0. The Morgan fingerprint density at radius 2 is 1.76 bits per heavy atom. The van der Waals surface area contributed by atoms with Gasteiger partial charge in [-0.3, -0.25) is 9.59 Å². The van der Waals surface area contributed by atoms with E-state index in [1.807, 2.05) is 45.0 Å². The Labute approximate surface area is 171 Å². The van der Waals surface area contributed by atoms with E-state index < -0.39 is 10.8 Å². The molecule has 0 saturated carbocycles. The van der Waals surface area contributed by atoms with Gasteiger partial charge in [0.1, 0.15) is 5.82 Å². The molecule has 3 rings (SSSR count). The number of hydrogen-bond donors (Lipinski definition) is 1. The fourth-order valence-corrected chi connectivity index (χ4v) is 4.10. The average Bonchev–Trinajstić information content (AvgIpc) is 2.68. The first-order chi connectivity index (χ1) is 13.6. The molecule has 2 amide bonds. The summed E-state index contributed by atoms with van der Waals surface area (Å²) in [6, 6.07) is 14.2. The van der Waals surface area contributed by atoms with Gasteiger partial charge in [-0.2, -0.15) is 0 Å². The highest BCUT2D eigenvalue weighted by atomic mass is 19.1. The van der Waals surface area contributed by atoms with Gasteiger partial charge < -0.3 is 10.6 Å². The molecule has 4 nitrogen and oxygen atoms in total. The van der Waals surface area contributed by atoms with Gasteiger partial charge in [0.15, 0.2) is 0 Å². The number of piperidine rings is 1. The highest BCUT2D eigenvalue weighted by Crippen LogP contribution is 2.36. The Hall–Kier alpha value is -2.69. The minimum Gasteiger partial charge on any atom is -0.369 e. The van der Waals surface area contributed by atoms with E-state index in [0.717, 1.165) is 17.5 Å². The lowest BCUT2D eigenvalue weighted by atomic mass is 9.74. The summed E-state index contributed by atoms with van der Waals surface area (Å²) in [7, 11) is 0. The molecule has 29 heavy (non-hydrogen) atoms. The smallest absolute Gasteiger partial charge is 0.227 e. The number of amides is 2. The molecular formula is C24H29FN2O2. The molecule has 1 heterocycles. The minimum absolute atomic E-state index is 0.0396. The predicted octanol–water partition coefficient (Wildman–Crippen LogP) is 4.18. The molecule has 0 aromatic heterocycles. The number of halogens is 1. The van der Waals surface area contributed by atoms with Crippen molar-refractivity contribution >= 4 is 11.8 Å². The molecule has 1 atom stereocenters. The van der Waals surface area contributed by atoms with Crippen molar-refractivity contribution in [2.75, 3.05) is 13.1 Å². The maximum Gasteiger partial charge on any atom is 0.227 e. The van der Waals surface area contributed by atoms with Crippen LogP contribution in [0, 0.1) is 16.6 Å². The van der Waals surface area contributed by atoms with Crippen LogP contribution in [0.15, 0.2) is 48.5 Å². The third kappa shape index (κ3) is 4.50. The van der Waals surface area contributed by atoms with Crippen molar-refractivity contribution in [3.05, 3.63) is 59.9 Å². The van der Waals surface area contributed by atoms with Crippen LogP contribution in [0.5, 0.6) is 0 Å². The lowest BCUT2D eigenvalue weighted by Gasteiger charge is -2.42. The quantitative estimate of drug-likeness (QED) is 0.843. The van der Waals surface area contributed by atoms with Crippen LogP contribution in [0.2, 0.25) is 0 Å². The normalized spacial score (nSPS) is 19.8. The number of primary amides is 1. The predicted molar refractivity (Wildman–Crippen MR) is 112 cm³/mol. The van der Waals surface area contributed by atoms with Crippen LogP contribution in [-0.4, -0.2) is 29.8 Å². The first-order valence-electron chi connectivity index (χ1n) is 10.1. The number of likely N-dealkylation sites (tertiary alicyclic amines) is 1. The van der Waals surface area contributed by atoms with Gasteiger partial charge in [-0.05, 0) is 36.5 Å². The van der Waals surface area contributed by atoms with Crippen LogP contribution in [0.4, 0.5) is 4.39 Å². The topological polar surface area (TPSA) is 63.4 Å². The van der Waals surface area contributed by atoms with Crippen molar-refractivity contribution in [3.63, 3.8) is 0 Å². The molecule has 0 radical (unpaired) electrons. The van der Waals surface area contributed by atoms with Gasteiger partial charge in [0, 0.05) is 24.1 Å². The second kappa shape index (κ2) is 7.97. The SMILES string of the molecule is CC(C)(C)C(=O)N1CCC[C@@](Cc2ccc(-c3ccccc3F)cc2)(C(N)=O)C1. The zero-order valence-corrected chi connectivity index (χ0v) is 17.4. The van der Waals surface area contributed by atoms with E-state index in [1.165, 1.54) is 6.07 Å². The summed E-state index contributed by atoms with van der Waals surface area (Å²) in [5, 5.41) is 0. The van der Waals surface area contributed by atoms with Crippen molar-refractivity contribution in [1.82, 2.24) is 4.90 Å². The van der Waals surface area contributed by atoms with Crippen molar-refractivity contribution < 1.29 is 14.0 Å². The molecule has 0 unspecified atom stereocenters. The Morgan fingerprint density at radius 3 is 2.34 bits per heavy atom. The summed E-state index contributed by atoms with van der Waals surface area (Å²) in [5.74, 6) is -0.600. The number of carbonyl (C=O) groups is 2. The number of carbonyl (C=O) groups excluding carboxylic acids is 2. The third-order valence-corrected chi connectivity index (χ3v) is 5.71. The van der Waals surface area contributed by atoms with E-state index in [-0.39, 0.29) is 17.6 Å². The number of nitrogens with zero attached hydrogens (tertiary/aromatic N) is 1. The Kier molecular flexibility index (Phi) is 5.78. The van der Waals surface area contributed by atoms with E-state index >= 15 is 0 Å². The monoisotopic (exact) mass is 396 g/mol. The minimum atomic E-state index is -0.779. The maximum absolute atomic E-state index is 14.0. The van der Waals surface area contributed by atoms with Crippen LogP contribution in [0.25, 0.3) is 11.1 Å². The standard InChI is InChI=1S/C24H29FN2O2/c1-23(2,3)22(29)27-14-6-13-24(16-27,21(26)28)15-17-9-11-18(12-10-17)19-7-4-5-8-20(19)25/h4-5,7-12H,6,13-16H2,1-3H3,(H2,26,28)/t24-/m0/s1. The zero-order valence-electron chi connectivity index (χ0n) is 17.4. The Bertz CT molecular complexity index is 902. The summed E-state index contributed by atoms with van der Waals surface area (Å²) in [4.78, 5) is 27.0. The lowest BCUT2D eigenvalue weighted by Crippen LogP contribution is -2.55. The summed E-state index contributed by atoms with van der Waals surface area (Å²) in [6.07, 6.45) is 1.87. The first-order valence-corrected chi connectivity index (χ1v) is 10.1. The fourth-order valence-electron chi connectivity index (χ4n) is 4.10. The van der Waals surface area contributed by atoms with Crippen molar-refractivity contribution in [2.45, 2.75) is 40.0 Å². The van der Waals surface area contributed by atoms with Gasteiger partial charge in [-0.25, -0.2) is 4.39 Å². The highest BCUT2D eigenvalue weighted by Gasteiger charge is 2.43. The van der Waals surface area contributed by atoms with Crippen LogP contribution >= 0.6 is 0 Å². The van der Waals surface area contributed by atoms with E-state index in [4.69, 9.17) is 5.73 Å². The molecule has 0 aliphatic carbocycles. The largest absolute Gasteiger partial charge is 0.369 e. The van der Waals surface area contributed by atoms with E-state index in [1.54, 1.807) is 23.1 Å².